The fourth-order valence-corrected chi connectivity index (χ4v) is 2.17. The molecule has 1 aromatic rings. The van der Waals surface area contributed by atoms with E-state index in [0.29, 0.717) is 12.1 Å². The van der Waals surface area contributed by atoms with E-state index in [9.17, 15) is 79.4 Å². The number of carbonyl (C=O) groups excluding carboxylic acids is 1. The molecule has 0 spiro atoms. The van der Waals surface area contributed by atoms with Crippen LogP contribution >= 0.6 is 15.9 Å². The van der Waals surface area contributed by atoms with Gasteiger partial charge in [-0.2, -0.15) is 74.6 Å². The highest BCUT2D eigenvalue weighted by molar-refractivity contribution is 9.10. The maximum atomic E-state index is 14.5. The van der Waals surface area contributed by atoms with E-state index in [1.54, 1.807) is 0 Å². The number of alkyl halides is 17. The second kappa shape index (κ2) is 9.58. The van der Waals surface area contributed by atoms with Gasteiger partial charge in [-0.25, -0.2) is 4.74 Å². The highest BCUT2D eigenvalue weighted by Gasteiger charge is 2.85. The largest absolute Gasteiger partial charge is 0.462 e. The number of hydrogen-bond donors (Lipinski definition) is 1. The average molecular weight is 650 g/mol. The third-order valence-electron chi connectivity index (χ3n) is 3.76. The molecule has 22 heteroatoms. The number of nitrogens with one attached hydrogen (secondary N) is 1. The van der Waals surface area contributed by atoms with Gasteiger partial charge in [-0.15, -0.1) is 0 Å². The first-order valence-corrected chi connectivity index (χ1v) is 9.04. The first-order chi connectivity index (χ1) is 16.1. The molecule has 0 radical (unpaired) electrons. The molecular formula is C15H5BrF17NO3. The Morgan fingerprint density at radius 2 is 1.05 bits per heavy atom. The monoisotopic (exact) mass is 649 g/mol. The lowest BCUT2D eigenvalue weighted by Gasteiger charge is -2.40. The number of benzene rings is 1. The molecule has 0 saturated carbocycles. The Morgan fingerprint density at radius 1 is 0.622 bits per heavy atom. The van der Waals surface area contributed by atoms with Gasteiger partial charge in [0.1, 0.15) is 0 Å². The third kappa shape index (κ3) is 6.15. The molecule has 37 heavy (non-hydrogen) atoms. The summed E-state index contributed by atoms with van der Waals surface area (Å²) in [6, 6.07) is 2.99. The molecule has 1 amide bonds. The van der Waals surface area contributed by atoms with Crippen LogP contribution in [0.1, 0.15) is 0 Å². The molecule has 0 fully saturated rings. The van der Waals surface area contributed by atoms with Gasteiger partial charge in [0.2, 0.25) is 0 Å². The number of carbonyl (C=O) groups is 1. The Labute approximate surface area is 199 Å². The number of rotatable bonds is 8. The molecule has 0 bridgehead atoms. The fraction of sp³-hybridized carbons (Fsp3) is 0.533. The molecule has 2 unspecified atom stereocenters. The zero-order chi connectivity index (χ0) is 29.7. The van der Waals surface area contributed by atoms with Crippen molar-refractivity contribution in [1.29, 1.82) is 0 Å². The summed E-state index contributed by atoms with van der Waals surface area (Å²) in [4.78, 5) is 11.7. The molecule has 0 aliphatic heterocycles. The van der Waals surface area contributed by atoms with Gasteiger partial charge >= 0.3 is 48.4 Å². The van der Waals surface area contributed by atoms with Crippen LogP contribution in [0.25, 0.3) is 0 Å². The van der Waals surface area contributed by atoms with Crippen LogP contribution in [-0.2, 0) is 14.3 Å². The van der Waals surface area contributed by atoms with Gasteiger partial charge < -0.3 is 5.32 Å². The van der Waals surface area contributed by atoms with Crippen LogP contribution in [0.3, 0.4) is 0 Å². The van der Waals surface area contributed by atoms with E-state index < -0.39 is 60.0 Å². The summed E-state index contributed by atoms with van der Waals surface area (Å²) >= 11 is 2.77. The molecular weight excluding hydrogens is 645 g/mol. The molecule has 214 valence electrons. The Bertz CT molecular complexity index is 974. The Hall–Kier alpha value is -2.10. The highest BCUT2D eigenvalue weighted by atomic mass is 79.9. The Kier molecular flexibility index (Phi) is 8.52. The lowest BCUT2D eigenvalue weighted by molar-refractivity contribution is -0.546. The van der Waals surface area contributed by atoms with Crippen LogP contribution in [0.4, 0.5) is 80.3 Å². The van der Waals surface area contributed by atoms with Crippen molar-refractivity contribution in [3.05, 3.63) is 28.7 Å². The van der Waals surface area contributed by atoms with Crippen LogP contribution in [0, 0.1) is 0 Å². The molecule has 4 nitrogen and oxygen atoms in total. The summed E-state index contributed by atoms with van der Waals surface area (Å²) < 4.78 is 226. The molecule has 0 aromatic heterocycles. The van der Waals surface area contributed by atoms with E-state index in [4.69, 9.17) is 0 Å². The van der Waals surface area contributed by atoms with Gasteiger partial charge in [-0.1, -0.05) is 15.9 Å². The normalized spacial score (nSPS) is 17.7. The average Bonchev–Trinajstić information content (AvgIpc) is 2.65. The standard InChI is InChI=1S/C15H5BrF17NO3/c16-5-1-3-6(4-2-5)34-7(35)8(17,11(21,22)23)36-10(20,13(27,28)29)15(32,33)37-14(30,31)9(18,19)12(24,25)26/h1-4H,(H,34,35). The zero-order valence-electron chi connectivity index (χ0n) is 16.3. The van der Waals surface area contributed by atoms with Crippen molar-refractivity contribution >= 4 is 27.5 Å². The van der Waals surface area contributed by atoms with E-state index >= 15 is 0 Å². The fourth-order valence-electron chi connectivity index (χ4n) is 1.91. The lowest BCUT2D eigenvalue weighted by Crippen LogP contribution is -2.68. The third-order valence-corrected chi connectivity index (χ3v) is 4.29. The van der Waals surface area contributed by atoms with E-state index in [1.165, 1.54) is 4.74 Å². The van der Waals surface area contributed by atoms with Gasteiger partial charge in [0.25, 0.3) is 5.91 Å². The van der Waals surface area contributed by atoms with E-state index in [1.807, 2.05) is 4.74 Å². The second-order valence-corrected chi connectivity index (χ2v) is 7.37. The summed E-state index contributed by atoms with van der Waals surface area (Å²) in [6.07, 6.45) is -38.5. The summed E-state index contributed by atoms with van der Waals surface area (Å²) in [5.74, 6) is -26.2. The lowest BCUT2D eigenvalue weighted by atomic mass is 10.2. The summed E-state index contributed by atoms with van der Waals surface area (Å²) in [7, 11) is 0. The predicted octanol–water partition coefficient (Wildman–Crippen LogP) is 7.26. The van der Waals surface area contributed by atoms with Crippen molar-refractivity contribution < 1.29 is 88.9 Å². The highest BCUT2D eigenvalue weighted by Crippen LogP contribution is 2.56. The molecule has 1 aromatic carbocycles. The molecule has 1 rings (SSSR count). The minimum atomic E-state index is -8.01. The van der Waals surface area contributed by atoms with Crippen molar-refractivity contribution in [3.8, 4) is 0 Å². The number of anilines is 1. The summed E-state index contributed by atoms with van der Waals surface area (Å²) in [5.41, 5.74) is -0.945. The van der Waals surface area contributed by atoms with Gasteiger partial charge in [-0.3, -0.25) is 9.53 Å². The van der Waals surface area contributed by atoms with Crippen molar-refractivity contribution in [2.45, 2.75) is 48.4 Å². The van der Waals surface area contributed by atoms with Crippen LogP contribution in [0.5, 0.6) is 0 Å². The molecule has 0 aliphatic rings. The van der Waals surface area contributed by atoms with Crippen LogP contribution in [-0.4, -0.2) is 54.3 Å². The summed E-state index contributed by atoms with van der Waals surface area (Å²) in [5, 5.41) is 0.818. The van der Waals surface area contributed by atoms with Gasteiger partial charge in [0.05, 0.1) is 0 Å². The van der Waals surface area contributed by atoms with Gasteiger partial charge in [0.15, 0.2) is 0 Å². The van der Waals surface area contributed by atoms with Crippen molar-refractivity contribution in [2.24, 2.45) is 0 Å². The number of ether oxygens (including phenoxy) is 2. The first-order valence-electron chi connectivity index (χ1n) is 8.24. The smallest absolute Gasteiger partial charge is 0.321 e. The minimum Gasteiger partial charge on any atom is -0.321 e. The van der Waals surface area contributed by atoms with Crippen LogP contribution in [0.2, 0.25) is 0 Å². The molecule has 0 saturated heterocycles. The predicted molar refractivity (Wildman–Crippen MR) is 85.6 cm³/mol. The van der Waals surface area contributed by atoms with Crippen molar-refractivity contribution in [1.82, 2.24) is 0 Å². The van der Waals surface area contributed by atoms with Crippen molar-refractivity contribution in [3.63, 3.8) is 0 Å². The van der Waals surface area contributed by atoms with Crippen LogP contribution in [0.15, 0.2) is 28.7 Å². The minimum absolute atomic E-state index is 0.123. The first kappa shape index (κ1) is 32.9. The number of halogens is 18. The maximum absolute atomic E-state index is 14.5. The van der Waals surface area contributed by atoms with Crippen LogP contribution < -0.4 is 5.32 Å². The SMILES string of the molecule is O=C(Nc1ccc(Br)cc1)C(F)(OC(F)(C(F)(F)F)C(F)(F)OC(F)(F)C(F)(F)C(F)(F)F)C(F)(F)F. The van der Waals surface area contributed by atoms with Crippen molar-refractivity contribution in [2.75, 3.05) is 5.32 Å². The topological polar surface area (TPSA) is 47.6 Å². The molecule has 0 heterocycles. The molecule has 0 aliphatic carbocycles. The Balaban J connectivity index is 3.63. The van der Waals surface area contributed by atoms with Gasteiger partial charge in [-0.05, 0) is 24.3 Å². The summed E-state index contributed by atoms with van der Waals surface area (Å²) in [6.45, 7) is 0. The maximum Gasteiger partial charge on any atom is 0.462 e. The Morgan fingerprint density at radius 3 is 1.41 bits per heavy atom. The second-order valence-electron chi connectivity index (χ2n) is 6.46. The number of hydrogen-bond acceptors (Lipinski definition) is 3. The van der Waals surface area contributed by atoms with E-state index in [2.05, 4.69) is 15.9 Å². The van der Waals surface area contributed by atoms with E-state index in [0.717, 1.165) is 17.4 Å². The zero-order valence-corrected chi connectivity index (χ0v) is 17.9. The molecule has 1 N–H and O–H groups in total. The quantitative estimate of drug-likeness (QED) is 0.302. The van der Waals surface area contributed by atoms with Gasteiger partial charge in [0, 0.05) is 10.2 Å². The number of amides is 1. The van der Waals surface area contributed by atoms with E-state index in [-0.39, 0.29) is 4.47 Å². The molecule has 2 atom stereocenters.